The Bertz CT molecular complexity index is 331. The van der Waals surface area contributed by atoms with Crippen molar-refractivity contribution in [2.75, 3.05) is 0 Å². The fraction of sp³-hybridized carbons (Fsp3) is 0.600. The molecule has 0 aliphatic heterocycles. The van der Waals surface area contributed by atoms with Crippen molar-refractivity contribution in [2.45, 2.75) is 38.0 Å². The average Bonchev–Trinajstić information content (AvgIpc) is 2.87. The van der Waals surface area contributed by atoms with Gasteiger partial charge in [-0.3, -0.25) is 4.79 Å². The largest absolute Gasteiger partial charge is 0.481 e. The predicted octanol–water partition coefficient (Wildman–Crippen LogP) is 2.43. The van der Waals surface area contributed by atoms with Gasteiger partial charge in [-0.15, -0.1) is 11.3 Å². The number of carboxylic acids is 1. The van der Waals surface area contributed by atoms with Crippen LogP contribution in [0.5, 0.6) is 0 Å². The van der Waals surface area contributed by atoms with Gasteiger partial charge in [0.25, 0.3) is 0 Å². The third kappa shape index (κ3) is 2.54. The summed E-state index contributed by atoms with van der Waals surface area (Å²) < 4.78 is 0. The number of rotatable bonds is 5. The standard InChI is InChI=1S/C10H13NO2S/c12-9(13)3-1-2-8-6-14-10(11-8)7-4-5-7/h6-7H,1-5H2,(H,12,13). The third-order valence-electron chi connectivity index (χ3n) is 2.32. The molecule has 4 heteroatoms. The van der Waals surface area contributed by atoms with Gasteiger partial charge >= 0.3 is 5.97 Å². The monoisotopic (exact) mass is 211 g/mol. The normalized spacial score (nSPS) is 15.7. The minimum atomic E-state index is -0.720. The molecule has 1 aromatic rings. The van der Waals surface area contributed by atoms with Crippen molar-refractivity contribution in [3.8, 4) is 0 Å². The number of carboxylic acid groups (broad SMARTS) is 1. The first-order valence-electron chi connectivity index (χ1n) is 4.92. The summed E-state index contributed by atoms with van der Waals surface area (Å²) in [5, 5.41) is 11.8. The molecule has 1 aliphatic rings. The van der Waals surface area contributed by atoms with Gasteiger partial charge in [0.2, 0.25) is 0 Å². The molecular formula is C10H13NO2S. The van der Waals surface area contributed by atoms with Crippen molar-refractivity contribution < 1.29 is 9.90 Å². The molecular weight excluding hydrogens is 198 g/mol. The van der Waals surface area contributed by atoms with Gasteiger partial charge < -0.3 is 5.11 Å². The summed E-state index contributed by atoms with van der Waals surface area (Å²) in [4.78, 5) is 14.8. The van der Waals surface area contributed by atoms with Crippen LogP contribution in [-0.4, -0.2) is 16.1 Å². The molecule has 76 valence electrons. The minimum absolute atomic E-state index is 0.246. The van der Waals surface area contributed by atoms with E-state index in [2.05, 4.69) is 10.4 Å². The molecule has 0 amide bonds. The fourth-order valence-corrected chi connectivity index (χ4v) is 2.40. The Labute approximate surface area is 86.8 Å². The van der Waals surface area contributed by atoms with Crippen LogP contribution >= 0.6 is 11.3 Å². The van der Waals surface area contributed by atoms with E-state index in [0.29, 0.717) is 12.3 Å². The summed E-state index contributed by atoms with van der Waals surface area (Å²) in [5.74, 6) is -0.00382. The lowest BCUT2D eigenvalue weighted by molar-refractivity contribution is -0.137. The highest BCUT2D eigenvalue weighted by Crippen LogP contribution is 2.41. The Balaban J connectivity index is 1.80. The molecule has 0 aromatic carbocycles. The molecule has 1 aromatic heterocycles. The van der Waals surface area contributed by atoms with Crippen molar-refractivity contribution in [3.63, 3.8) is 0 Å². The number of aromatic nitrogens is 1. The van der Waals surface area contributed by atoms with E-state index in [4.69, 9.17) is 5.11 Å². The first-order chi connectivity index (χ1) is 6.75. The van der Waals surface area contributed by atoms with Crippen LogP contribution in [0.15, 0.2) is 5.38 Å². The Kier molecular flexibility index (Phi) is 2.82. The molecule has 0 radical (unpaired) electrons. The van der Waals surface area contributed by atoms with E-state index >= 15 is 0 Å². The van der Waals surface area contributed by atoms with Crippen molar-refractivity contribution in [2.24, 2.45) is 0 Å². The molecule has 1 saturated carbocycles. The lowest BCUT2D eigenvalue weighted by Crippen LogP contribution is -1.96. The summed E-state index contributed by atoms with van der Waals surface area (Å²) >= 11 is 1.72. The topological polar surface area (TPSA) is 50.2 Å². The first kappa shape index (κ1) is 9.65. The highest BCUT2D eigenvalue weighted by Gasteiger charge is 2.26. The molecule has 0 saturated heterocycles. The van der Waals surface area contributed by atoms with Crippen LogP contribution in [0.25, 0.3) is 0 Å². The van der Waals surface area contributed by atoms with Crippen LogP contribution in [0.1, 0.15) is 42.3 Å². The summed E-state index contributed by atoms with van der Waals surface area (Å²) in [7, 11) is 0. The van der Waals surface area contributed by atoms with Crippen LogP contribution in [0.2, 0.25) is 0 Å². The molecule has 1 fully saturated rings. The van der Waals surface area contributed by atoms with Crippen molar-refractivity contribution >= 4 is 17.3 Å². The summed E-state index contributed by atoms with van der Waals surface area (Å²) in [6.45, 7) is 0. The lowest BCUT2D eigenvalue weighted by Gasteiger charge is -1.93. The molecule has 0 spiro atoms. The van der Waals surface area contributed by atoms with Gasteiger partial charge in [-0.2, -0.15) is 0 Å². The Morgan fingerprint density at radius 1 is 1.64 bits per heavy atom. The summed E-state index contributed by atoms with van der Waals surface area (Å²) in [6.07, 6.45) is 4.30. The number of aryl methyl sites for hydroxylation is 1. The maximum Gasteiger partial charge on any atom is 0.303 e. The van der Waals surface area contributed by atoms with Crippen LogP contribution in [-0.2, 0) is 11.2 Å². The SMILES string of the molecule is O=C(O)CCCc1csc(C2CC2)n1. The van der Waals surface area contributed by atoms with Crippen LogP contribution in [0.3, 0.4) is 0 Å². The maximum atomic E-state index is 10.3. The molecule has 0 unspecified atom stereocenters. The maximum absolute atomic E-state index is 10.3. The van der Waals surface area contributed by atoms with E-state index in [1.54, 1.807) is 11.3 Å². The van der Waals surface area contributed by atoms with Gasteiger partial charge in [0.1, 0.15) is 0 Å². The van der Waals surface area contributed by atoms with E-state index in [1.165, 1.54) is 17.8 Å². The number of hydrogen-bond donors (Lipinski definition) is 1. The number of carbonyl (C=O) groups is 1. The zero-order valence-electron chi connectivity index (χ0n) is 7.90. The van der Waals surface area contributed by atoms with Gasteiger partial charge in [-0.25, -0.2) is 4.98 Å². The van der Waals surface area contributed by atoms with Gasteiger partial charge in [-0.05, 0) is 25.7 Å². The van der Waals surface area contributed by atoms with Crippen molar-refractivity contribution in [1.29, 1.82) is 0 Å². The Morgan fingerprint density at radius 3 is 3.07 bits per heavy atom. The third-order valence-corrected chi connectivity index (χ3v) is 3.38. The minimum Gasteiger partial charge on any atom is -0.481 e. The quantitative estimate of drug-likeness (QED) is 0.813. The van der Waals surface area contributed by atoms with Gasteiger partial charge in [0, 0.05) is 17.7 Å². The molecule has 3 nitrogen and oxygen atoms in total. The predicted molar refractivity (Wildman–Crippen MR) is 54.7 cm³/mol. The van der Waals surface area contributed by atoms with E-state index in [1.807, 2.05) is 0 Å². The second-order valence-corrected chi connectivity index (χ2v) is 4.59. The average molecular weight is 211 g/mol. The Morgan fingerprint density at radius 2 is 2.43 bits per heavy atom. The molecule has 2 rings (SSSR count). The van der Waals surface area contributed by atoms with Gasteiger partial charge in [0.15, 0.2) is 0 Å². The molecule has 14 heavy (non-hydrogen) atoms. The van der Waals surface area contributed by atoms with Gasteiger partial charge in [-0.1, -0.05) is 0 Å². The zero-order valence-corrected chi connectivity index (χ0v) is 8.72. The molecule has 1 aliphatic carbocycles. The lowest BCUT2D eigenvalue weighted by atomic mass is 10.2. The fourth-order valence-electron chi connectivity index (χ4n) is 1.38. The van der Waals surface area contributed by atoms with Crippen LogP contribution in [0, 0.1) is 0 Å². The smallest absolute Gasteiger partial charge is 0.303 e. The number of thiazole rings is 1. The molecule has 1 N–H and O–H groups in total. The van der Waals surface area contributed by atoms with E-state index < -0.39 is 5.97 Å². The second kappa shape index (κ2) is 4.09. The van der Waals surface area contributed by atoms with Gasteiger partial charge in [0.05, 0.1) is 10.7 Å². The summed E-state index contributed by atoms with van der Waals surface area (Å²) in [6, 6.07) is 0. The number of hydrogen-bond acceptors (Lipinski definition) is 3. The highest BCUT2D eigenvalue weighted by molar-refractivity contribution is 7.09. The molecule has 0 bridgehead atoms. The second-order valence-electron chi connectivity index (χ2n) is 3.70. The van der Waals surface area contributed by atoms with Crippen molar-refractivity contribution in [3.05, 3.63) is 16.1 Å². The first-order valence-corrected chi connectivity index (χ1v) is 5.80. The number of nitrogens with zero attached hydrogens (tertiary/aromatic N) is 1. The summed E-state index contributed by atoms with van der Waals surface area (Å²) in [5.41, 5.74) is 1.07. The Hall–Kier alpha value is -0.900. The van der Waals surface area contributed by atoms with Crippen molar-refractivity contribution in [1.82, 2.24) is 4.98 Å². The van der Waals surface area contributed by atoms with Crippen LogP contribution in [0.4, 0.5) is 0 Å². The van der Waals surface area contributed by atoms with Crippen LogP contribution < -0.4 is 0 Å². The number of aliphatic carboxylic acids is 1. The highest BCUT2D eigenvalue weighted by atomic mass is 32.1. The molecule has 0 atom stereocenters. The van der Waals surface area contributed by atoms with E-state index in [-0.39, 0.29) is 6.42 Å². The van der Waals surface area contributed by atoms with E-state index in [0.717, 1.165) is 12.1 Å². The van der Waals surface area contributed by atoms with E-state index in [9.17, 15) is 4.79 Å². The zero-order chi connectivity index (χ0) is 9.97. The molecule has 1 heterocycles.